The van der Waals surface area contributed by atoms with Crippen LogP contribution in [-0.4, -0.2) is 57.4 Å². The number of rotatable bonds is 6. The quantitative estimate of drug-likeness (QED) is 0.678. The number of hydrogen-bond acceptors (Lipinski definition) is 8. The highest BCUT2D eigenvalue weighted by molar-refractivity contribution is 5.96. The topological polar surface area (TPSA) is 137 Å². The van der Waals surface area contributed by atoms with Gasteiger partial charge in [-0.25, -0.2) is 14.4 Å². The van der Waals surface area contributed by atoms with Gasteiger partial charge in [0.1, 0.15) is 12.9 Å². The summed E-state index contributed by atoms with van der Waals surface area (Å²) in [5.41, 5.74) is 1.02. The number of tetrazole rings is 1. The fourth-order valence-electron chi connectivity index (χ4n) is 2.73. The number of benzene rings is 1. The normalized spacial score (nSPS) is 16.2. The van der Waals surface area contributed by atoms with E-state index >= 15 is 0 Å². The number of hydrogen-bond donors (Lipinski definition) is 2. The Morgan fingerprint density at radius 1 is 1.21 bits per heavy atom. The molecule has 1 unspecified atom stereocenters. The van der Waals surface area contributed by atoms with Crippen LogP contribution in [0.4, 0.5) is 4.79 Å². The molecule has 0 fully saturated rings. The zero-order valence-corrected chi connectivity index (χ0v) is 15.2. The fraction of sp³-hybridized carbons (Fsp3) is 0.294. The molecule has 11 heteroatoms. The summed E-state index contributed by atoms with van der Waals surface area (Å²) in [6.45, 7) is 3.18. The lowest BCUT2D eigenvalue weighted by Gasteiger charge is -2.26. The Morgan fingerprint density at radius 3 is 2.71 bits per heavy atom. The first-order chi connectivity index (χ1) is 13.5. The van der Waals surface area contributed by atoms with Gasteiger partial charge in [-0.1, -0.05) is 12.1 Å². The van der Waals surface area contributed by atoms with Crippen molar-refractivity contribution in [1.82, 2.24) is 30.8 Å². The van der Waals surface area contributed by atoms with Crippen LogP contribution >= 0.6 is 0 Å². The van der Waals surface area contributed by atoms with E-state index in [2.05, 4.69) is 26.2 Å². The van der Waals surface area contributed by atoms with E-state index in [1.165, 1.54) is 11.0 Å². The first-order valence-corrected chi connectivity index (χ1v) is 8.48. The maximum Gasteiger partial charge on any atom is 0.340 e. The van der Waals surface area contributed by atoms with Crippen molar-refractivity contribution in [3.8, 4) is 5.69 Å². The van der Waals surface area contributed by atoms with E-state index in [1.54, 1.807) is 38.1 Å². The van der Waals surface area contributed by atoms with Gasteiger partial charge in [0, 0.05) is 0 Å². The number of nitrogens with zero attached hydrogens (tertiary/aromatic N) is 4. The van der Waals surface area contributed by atoms with Crippen LogP contribution in [-0.2, 0) is 14.3 Å². The van der Waals surface area contributed by atoms with Crippen molar-refractivity contribution < 1.29 is 23.9 Å². The summed E-state index contributed by atoms with van der Waals surface area (Å²) in [6.07, 6.45) is 1.35. The number of carbonyl (C=O) groups is 3. The fourth-order valence-corrected chi connectivity index (χ4v) is 2.73. The molecule has 2 amide bonds. The molecule has 1 atom stereocenters. The minimum absolute atomic E-state index is 0.169. The summed E-state index contributed by atoms with van der Waals surface area (Å²) >= 11 is 0. The van der Waals surface area contributed by atoms with Gasteiger partial charge >= 0.3 is 18.0 Å². The van der Waals surface area contributed by atoms with Gasteiger partial charge in [0.05, 0.1) is 35.2 Å². The van der Waals surface area contributed by atoms with Crippen molar-refractivity contribution in [2.24, 2.45) is 0 Å². The van der Waals surface area contributed by atoms with Crippen molar-refractivity contribution >= 4 is 18.0 Å². The molecule has 1 aromatic heterocycles. The third-order valence-electron chi connectivity index (χ3n) is 3.93. The Bertz CT molecular complexity index is 924. The minimum atomic E-state index is -0.665. The highest BCUT2D eigenvalue weighted by Gasteiger charge is 2.30. The molecule has 146 valence electrons. The number of aromatic nitrogens is 4. The summed E-state index contributed by atoms with van der Waals surface area (Å²) < 4.78 is 11.7. The molecule has 0 saturated heterocycles. The van der Waals surface area contributed by atoms with Crippen LogP contribution in [0.15, 0.2) is 41.9 Å². The van der Waals surface area contributed by atoms with Crippen molar-refractivity contribution in [3.05, 3.63) is 47.4 Å². The first kappa shape index (κ1) is 19.0. The zero-order valence-electron chi connectivity index (χ0n) is 15.2. The number of ether oxygens (including phenoxy) is 2. The summed E-state index contributed by atoms with van der Waals surface area (Å²) in [5.74, 6) is -1.26. The average Bonchev–Trinajstić information content (AvgIpc) is 3.20. The Kier molecular flexibility index (Phi) is 5.63. The second-order valence-corrected chi connectivity index (χ2v) is 5.78. The lowest BCUT2D eigenvalue weighted by atomic mass is 10.0. The molecule has 3 rings (SSSR count). The van der Waals surface area contributed by atoms with Gasteiger partial charge in [-0.2, -0.15) is 4.68 Å². The number of carbonyl (C=O) groups excluding carboxylic acids is 3. The molecule has 0 radical (unpaired) electrons. The molecule has 2 heterocycles. The van der Waals surface area contributed by atoms with Crippen LogP contribution in [0.1, 0.15) is 24.2 Å². The van der Waals surface area contributed by atoms with Crippen LogP contribution in [0.5, 0.6) is 0 Å². The predicted octanol–water partition coefficient (Wildman–Crippen LogP) is 0.338. The maximum absolute atomic E-state index is 12.6. The summed E-state index contributed by atoms with van der Waals surface area (Å²) in [7, 11) is 0. The molecule has 28 heavy (non-hydrogen) atoms. The van der Waals surface area contributed by atoms with E-state index in [9.17, 15) is 14.4 Å². The highest BCUT2D eigenvalue weighted by atomic mass is 16.5. The molecular formula is C17H18N6O5. The van der Waals surface area contributed by atoms with E-state index in [-0.39, 0.29) is 30.0 Å². The van der Waals surface area contributed by atoms with Gasteiger partial charge in [-0.05, 0) is 36.4 Å². The maximum atomic E-state index is 12.6. The Morgan fingerprint density at radius 2 is 2.00 bits per heavy atom. The summed E-state index contributed by atoms with van der Waals surface area (Å²) in [5, 5.41) is 15.9. The Hall–Kier alpha value is -3.76. The lowest BCUT2D eigenvalue weighted by Crippen LogP contribution is -2.50. The number of urea groups is 1. The van der Waals surface area contributed by atoms with E-state index in [4.69, 9.17) is 9.47 Å². The van der Waals surface area contributed by atoms with E-state index in [1.807, 2.05) is 0 Å². The molecule has 0 saturated carbocycles. The molecule has 0 spiro atoms. The third-order valence-corrected chi connectivity index (χ3v) is 3.93. The second-order valence-electron chi connectivity index (χ2n) is 5.78. The van der Waals surface area contributed by atoms with Crippen molar-refractivity contribution in [2.45, 2.75) is 19.9 Å². The number of nitrogens with one attached hydrogen (secondary N) is 2. The molecule has 2 aromatic rings. The summed E-state index contributed by atoms with van der Waals surface area (Å²) in [4.78, 5) is 36.6. The van der Waals surface area contributed by atoms with Crippen LogP contribution in [0.3, 0.4) is 0 Å². The smallest absolute Gasteiger partial charge is 0.340 e. The molecule has 2 N–H and O–H groups in total. The second kappa shape index (κ2) is 8.29. The van der Waals surface area contributed by atoms with Crippen molar-refractivity contribution in [1.29, 1.82) is 0 Å². The third kappa shape index (κ3) is 3.98. The van der Waals surface area contributed by atoms with Gasteiger partial charge in [0.25, 0.3) is 0 Å². The van der Waals surface area contributed by atoms with Crippen LogP contribution in [0.2, 0.25) is 0 Å². The molecular weight excluding hydrogens is 368 g/mol. The van der Waals surface area contributed by atoms with Gasteiger partial charge in [-0.3, -0.25) is 0 Å². The molecule has 1 aliphatic heterocycles. The predicted molar refractivity (Wildman–Crippen MR) is 94.2 cm³/mol. The lowest BCUT2D eigenvalue weighted by molar-refractivity contribution is -0.139. The number of para-hydroxylation sites is 1. The average molecular weight is 386 g/mol. The van der Waals surface area contributed by atoms with Crippen LogP contribution in [0, 0.1) is 0 Å². The molecule has 11 nitrogen and oxygen atoms in total. The zero-order chi connectivity index (χ0) is 20.1. The van der Waals surface area contributed by atoms with Crippen LogP contribution in [0.25, 0.3) is 5.69 Å². The van der Waals surface area contributed by atoms with E-state index in [0.717, 1.165) is 0 Å². The highest BCUT2D eigenvalue weighted by Crippen LogP contribution is 2.17. The Labute approximate surface area is 159 Å². The van der Waals surface area contributed by atoms with Crippen molar-refractivity contribution in [3.63, 3.8) is 0 Å². The summed E-state index contributed by atoms with van der Waals surface area (Å²) in [6, 6.07) is 5.52. The Balaban J connectivity index is 1.82. The molecule has 0 aliphatic carbocycles. The first-order valence-electron chi connectivity index (χ1n) is 8.48. The van der Waals surface area contributed by atoms with E-state index in [0.29, 0.717) is 5.69 Å². The van der Waals surface area contributed by atoms with Crippen LogP contribution < -0.4 is 10.6 Å². The van der Waals surface area contributed by atoms with Gasteiger partial charge in [-0.15, -0.1) is 5.10 Å². The number of esters is 2. The SMILES string of the molecule is CCOC(=O)C1=C(COC(=O)c2ccccc2-n2cnnn2)NC(=O)NC1C. The standard InChI is InChI=1S/C17H18N6O5/c1-3-27-16(25)14-10(2)19-17(26)20-12(14)8-28-15(24)11-6-4-5-7-13(11)23-9-18-21-22-23/h4-7,9-10H,3,8H2,1-2H3,(H2,19,20,26). The van der Waals surface area contributed by atoms with Crippen molar-refractivity contribution in [2.75, 3.05) is 13.2 Å². The van der Waals surface area contributed by atoms with E-state index < -0.39 is 24.0 Å². The minimum Gasteiger partial charge on any atom is -0.463 e. The van der Waals surface area contributed by atoms with Gasteiger partial charge in [0.2, 0.25) is 0 Å². The monoisotopic (exact) mass is 386 g/mol. The largest absolute Gasteiger partial charge is 0.463 e. The molecule has 0 bridgehead atoms. The molecule has 1 aromatic carbocycles. The van der Waals surface area contributed by atoms with Gasteiger partial charge < -0.3 is 20.1 Å². The molecule has 1 aliphatic rings. The number of amides is 2. The van der Waals surface area contributed by atoms with Gasteiger partial charge in [0.15, 0.2) is 0 Å².